The van der Waals surface area contributed by atoms with E-state index in [0.29, 0.717) is 0 Å². The molecule has 0 bridgehead atoms. The summed E-state index contributed by atoms with van der Waals surface area (Å²) in [4.78, 5) is 9.51. The summed E-state index contributed by atoms with van der Waals surface area (Å²) in [6.45, 7) is 1.66. The van der Waals surface area contributed by atoms with Crippen LogP contribution in [0.5, 0.6) is 0 Å². The van der Waals surface area contributed by atoms with Crippen molar-refractivity contribution in [3.63, 3.8) is 0 Å². The fourth-order valence-electron chi connectivity index (χ4n) is 0.143. The van der Waals surface area contributed by atoms with E-state index in [9.17, 15) is 4.79 Å². The normalized spacial score (nSPS) is 4.75. The Morgan fingerprint density at radius 1 is 1.17 bits per heavy atom. The van der Waals surface area contributed by atoms with E-state index in [0.717, 1.165) is 6.08 Å². The molecule has 0 aliphatic heterocycles. The SMILES string of the molecule is C/C=C/C(=O)O.N.N.N.N.[Co].[NH2-]. The van der Waals surface area contributed by atoms with Crippen LogP contribution in [0.25, 0.3) is 6.15 Å². The van der Waals surface area contributed by atoms with Crippen LogP contribution in [0, 0.1) is 0 Å². The fourth-order valence-corrected chi connectivity index (χ4v) is 0.143. The zero-order valence-electron chi connectivity index (χ0n) is 7.25. The molecular weight excluding hydrogens is 209 g/mol. The van der Waals surface area contributed by atoms with Crippen molar-refractivity contribution in [1.82, 2.24) is 24.6 Å². The quantitative estimate of drug-likeness (QED) is 0.423. The summed E-state index contributed by atoms with van der Waals surface area (Å²) < 4.78 is 0. The smallest absolute Gasteiger partial charge is 0.327 e. The Balaban J connectivity index is -0.00000000833. The molecule has 0 rings (SSSR count). The van der Waals surface area contributed by atoms with E-state index < -0.39 is 5.97 Å². The Bertz CT molecular complexity index is 89.5. The maximum atomic E-state index is 9.51. The maximum Gasteiger partial charge on any atom is 0.327 e. The van der Waals surface area contributed by atoms with Crippen molar-refractivity contribution in [2.45, 2.75) is 6.92 Å². The van der Waals surface area contributed by atoms with Crippen molar-refractivity contribution < 1.29 is 26.7 Å². The number of aliphatic carboxylic acids is 1. The number of carboxylic acids is 1. The third kappa shape index (κ3) is 109. The van der Waals surface area contributed by atoms with Crippen LogP contribution in [0.2, 0.25) is 0 Å². The molecular formula is C4H20CoN5O2-. The summed E-state index contributed by atoms with van der Waals surface area (Å²) >= 11 is 0. The summed E-state index contributed by atoms with van der Waals surface area (Å²) in [5.41, 5.74) is 0. The van der Waals surface area contributed by atoms with Crippen LogP contribution < -0.4 is 24.6 Å². The van der Waals surface area contributed by atoms with Gasteiger partial charge < -0.3 is 35.9 Å². The minimum Gasteiger partial charge on any atom is -0.693 e. The fraction of sp³-hybridized carbons (Fsp3) is 0.250. The topological polar surface area (TPSA) is 211 Å². The molecule has 83 valence electrons. The Kier molecular flexibility index (Phi) is 243. The monoisotopic (exact) mass is 229 g/mol. The summed E-state index contributed by atoms with van der Waals surface area (Å²) in [5.74, 6) is -0.891. The van der Waals surface area contributed by atoms with Crippen LogP contribution in [-0.2, 0) is 21.6 Å². The van der Waals surface area contributed by atoms with Crippen LogP contribution >= 0.6 is 0 Å². The second-order valence-electron chi connectivity index (χ2n) is 0.838. The second kappa shape index (κ2) is 46.7. The van der Waals surface area contributed by atoms with E-state index in [1.807, 2.05) is 0 Å². The number of hydrogen-bond acceptors (Lipinski definition) is 5. The number of rotatable bonds is 1. The molecule has 0 atom stereocenters. The molecule has 0 saturated carbocycles. The van der Waals surface area contributed by atoms with Gasteiger partial charge in [0, 0.05) is 22.9 Å². The first-order valence-electron chi connectivity index (χ1n) is 1.63. The van der Waals surface area contributed by atoms with Gasteiger partial charge in [-0.3, -0.25) is 0 Å². The van der Waals surface area contributed by atoms with E-state index in [-0.39, 0.29) is 47.5 Å². The standard InChI is InChI=1S/C4H6O2.Co.4H3N.H2N/c1-2-3-4(5)6;;;;;;/h2-3H,1H3,(H,5,6);;4*1H3;1H2/q;;;;;;-1/b3-2+;;;;;;. The third-order valence-electron chi connectivity index (χ3n) is 0.309. The Morgan fingerprint density at radius 2 is 1.42 bits per heavy atom. The molecule has 12 heavy (non-hydrogen) atoms. The number of nitrogens with two attached hydrogens (primary N) is 1. The van der Waals surface area contributed by atoms with E-state index in [1.165, 1.54) is 6.08 Å². The molecule has 0 spiro atoms. The third-order valence-corrected chi connectivity index (χ3v) is 0.309. The molecule has 0 heterocycles. The van der Waals surface area contributed by atoms with Gasteiger partial charge in [-0.05, 0) is 6.92 Å². The van der Waals surface area contributed by atoms with E-state index >= 15 is 0 Å². The number of hydrogen-bond donors (Lipinski definition) is 5. The molecule has 8 heteroatoms. The van der Waals surface area contributed by atoms with Gasteiger partial charge in [0.2, 0.25) is 0 Å². The molecule has 15 N–H and O–H groups in total. The van der Waals surface area contributed by atoms with Gasteiger partial charge in [0.15, 0.2) is 0 Å². The largest absolute Gasteiger partial charge is 0.693 e. The zero-order valence-corrected chi connectivity index (χ0v) is 8.29. The van der Waals surface area contributed by atoms with Gasteiger partial charge in [0.05, 0.1) is 0 Å². The van der Waals surface area contributed by atoms with Crippen LogP contribution in [0.1, 0.15) is 6.92 Å². The van der Waals surface area contributed by atoms with Crippen LogP contribution in [0.3, 0.4) is 0 Å². The van der Waals surface area contributed by atoms with Crippen molar-refractivity contribution >= 4 is 5.97 Å². The molecule has 0 saturated heterocycles. The van der Waals surface area contributed by atoms with E-state index in [2.05, 4.69) is 0 Å². The number of allylic oxidation sites excluding steroid dienone is 1. The Labute approximate surface area is 83.1 Å². The Morgan fingerprint density at radius 3 is 1.42 bits per heavy atom. The molecule has 0 aromatic heterocycles. The molecule has 0 aromatic carbocycles. The van der Waals surface area contributed by atoms with Gasteiger partial charge in [-0.1, -0.05) is 6.08 Å². The van der Waals surface area contributed by atoms with Crippen molar-refractivity contribution in [3.8, 4) is 0 Å². The van der Waals surface area contributed by atoms with Crippen molar-refractivity contribution in [3.05, 3.63) is 18.3 Å². The van der Waals surface area contributed by atoms with Crippen LogP contribution in [0.15, 0.2) is 12.2 Å². The average Bonchev–Trinajstić information content (AvgIpc) is 1.35. The van der Waals surface area contributed by atoms with Gasteiger partial charge in [-0.15, -0.1) is 0 Å². The first kappa shape index (κ1) is 62.4. The van der Waals surface area contributed by atoms with Crippen molar-refractivity contribution in [2.75, 3.05) is 0 Å². The minimum absolute atomic E-state index is 0. The predicted octanol–water partition coefficient (Wildman–Crippen LogP) is 2.01. The molecule has 0 aliphatic carbocycles. The van der Waals surface area contributed by atoms with Gasteiger partial charge in [-0.2, -0.15) is 0 Å². The predicted molar refractivity (Wildman–Crippen MR) is 47.8 cm³/mol. The first-order chi connectivity index (χ1) is 2.77. The zero-order chi connectivity index (χ0) is 4.99. The van der Waals surface area contributed by atoms with Gasteiger partial charge >= 0.3 is 5.97 Å². The molecule has 0 amide bonds. The van der Waals surface area contributed by atoms with Crippen molar-refractivity contribution in [1.29, 1.82) is 0 Å². The number of carboxylic acid groups (broad SMARTS) is 1. The average molecular weight is 229 g/mol. The molecule has 7 nitrogen and oxygen atoms in total. The number of carbonyl (C=O) groups is 1. The Hall–Kier alpha value is -0.484. The molecule has 1 radical (unpaired) electrons. The van der Waals surface area contributed by atoms with Gasteiger partial charge in [-0.25, -0.2) is 4.79 Å². The summed E-state index contributed by atoms with van der Waals surface area (Å²) in [7, 11) is 0. The van der Waals surface area contributed by atoms with E-state index in [1.54, 1.807) is 6.92 Å². The summed E-state index contributed by atoms with van der Waals surface area (Å²) in [6.07, 6.45) is 2.56. The van der Waals surface area contributed by atoms with E-state index in [4.69, 9.17) is 5.11 Å². The molecule has 0 fully saturated rings. The van der Waals surface area contributed by atoms with Crippen molar-refractivity contribution in [2.24, 2.45) is 0 Å². The molecule has 0 unspecified atom stereocenters. The van der Waals surface area contributed by atoms with Gasteiger partial charge in [0.25, 0.3) is 0 Å². The summed E-state index contributed by atoms with van der Waals surface area (Å²) in [5, 5.41) is 7.83. The van der Waals surface area contributed by atoms with Crippen LogP contribution in [0.4, 0.5) is 0 Å². The van der Waals surface area contributed by atoms with Crippen LogP contribution in [-0.4, -0.2) is 11.1 Å². The molecule has 0 aliphatic rings. The summed E-state index contributed by atoms with van der Waals surface area (Å²) in [6, 6.07) is 0. The molecule has 0 aromatic rings. The second-order valence-corrected chi connectivity index (χ2v) is 0.838. The minimum atomic E-state index is -0.891. The first-order valence-corrected chi connectivity index (χ1v) is 1.63. The van der Waals surface area contributed by atoms with Gasteiger partial charge in [0.1, 0.15) is 0 Å². The maximum absolute atomic E-state index is 9.51.